The average molecular weight is 234 g/mol. The molecule has 1 aromatic rings. The molecule has 0 radical (unpaired) electrons. The molecule has 0 saturated carbocycles. The summed E-state index contributed by atoms with van der Waals surface area (Å²) in [4.78, 5) is 23.8. The molecule has 3 heteroatoms. The van der Waals surface area contributed by atoms with Gasteiger partial charge < -0.3 is 4.74 Å². The highest BCUT2D eigenvalue weighted by molar-refractivity contribution is 6.08. The van der Waals surface area contributed by atoms with Crippen molar-refractivity contribution in [2.24, 2.45) is 11.8 Å². The van der Waals surface area contributed by atoms with E-state index in [9.17, 15) is 9.59 Å². The Bertz CT molecular complexity index is 382. The largest absolute Gasteiger partial charge is 0.468 e. The SMILES string of the molecule is COC(=O)C(CC(C)C)C(=O)c1ccccc1. The Morgan fingerprint density at radius 1 is 1.18 bits per heavy atom. The highest BCUT2D eigenvalue weighted by Crippen LogP contribution is 2.18. The number of rotatable bonds is 5. The van der Waals surface area contributed by atoms with E-state index in [0.717, 1.165) is 0 Å². The molecule has 17 heavy (non-hydrogen) atoms. The van der Waals surface area contributed by atoms with Crippen LogP contribution in [0, 0.1) is 11.8 Å². The Morgan fingerprint density at radius 3 is 2.24 bits per heavy atom. The van der Waals surface area contributed by atoms with E-state index in [2.05, 4.69) is 0 Å². The molecule has 0 amide bonds. The van der Waals surface area contributed by atoms with Crippen LogP contribution in [0.1, 0.15) is 30.6 Å². The molecule has 0 saturated heterocycles. The Labute approximate surface area is 102 Å². The quantitative estimate of drug-likeness (QED) is 0.447. The summed E-state index contributed by atoms with van der Waals surface area (Å²) in [5.41, 5.74) is 0.559. The third kappa shape index (κ3) is 3.70. The van der Waals surface area contributed by atoms with E-state index in [4.69, 9.17) is 4.74 Å². The minimum absolute atomic E-state index is 0.161. The molecule has 0 fully saturated rings. The zero-order valence-corrected chi connectivity index (χ0v) is 10.5. The van der Waals surface area contributed by atoms with Crippen molar-refractivity contribution in [1.29, 1.82) is 0 Å². The molecule has 1 aromatic carbocycles. The molecule has 0 aliphatic heterocycles. The summed E-state index contributed by atoms with van der Waals surface area (Å²) in [7, 11) is 1.31. The number of hydrogen-bond donors (Lipinski definition) is 0. The third-order valence-electron chi connectivity index (χ3n) is 2.57. The van der Waals surface area contributed by atoms with E-state index in [1.807, 2.05) is 19.9 Å². The molecule has 3 nitrogen and oxygen atoms in total. The summed E-state index contributed by atoms with van der Waals surface area (Å²) in [6, 6.07) is 8.86. The molecule has 0 aliphatic rings. The predicted molar refractivity (Wildman–Crippen MR) is 65.7 cm³/mol. The maximum atomic E-state index is 12.2. The molecule has 0 spiro atoms. The van der Waals surface area contributed by atoms with Crippen LogP contribution in [0.25, 0.3) is 0 Å². The van der Waals surface area contributed by atoms with Crippen LogP contribution in [0.15, 0.2) is 30.3 Å². The topological polar surface area (TPSA) is 43.4 Å². The van der Waals surface area contributed by atoms with Gasteiger partial charge in [0.25, 0.3) is 0 Å². The van der Waals surface area contributed by atoms with Gasteiger partial charge in [-0.15, -0.1) is 0 Å². The first-order valence-corrected chi connectivity index (χ1v) is 5.73. The number of methoxy groups -OCH3 is 1. The van der Waals surface area contributed by atoms with Crippen molar-refractivity contribution in [1.82, 2.24) is 0 Å². The van der Waals surface area contributed by atoms with E-state index >= 15 is 0 Å². The summed E-state index contributed by atoms with van der Waals surface area (Å²) < 4.78 is 4.70. The van der Waals surface area contributed by atoms with E-state index < -0.39 is 11.9 Å². The van der Waals surface area contributed by atoms with Gasteiger partial charge in [0.05, 0.1) is 7.11 Å². The van der Waals surface area contributed by atoms with Gasteiger partial charge in [0, 0.05) is 5.56 Å². The van der Waals surface area contributed by atoms with Gasteiger partial charge in [0.15, 0.2) is 5.78 Å². The molecule has 1 rings (SSSR count). The van der Waals surface area contributed by atoms with Crippen LogP contribution in [0.5, 0.6) is 0 Å². The molecule has 0 bridgehead atoms. The third-order valence-corrected chi connectivity index (χ3v) is 2.57. The zero-order chi connectivity index (χ0) is 12.8. The molecular formula is C14H18O3. The van der Waals surface area contributed by atoms with Crippen LogP contribution in [-0.2, 0) is 9.53 Å². The van der Waals surface area contributed by atoms with Crippen molar-refractivity contribution in [2.75, 3.05) is 7.11 Å². The lowest BCUT2D eigenvalue weighted by molar-refractivity contribution is -0.144. The minimum atomic E-state index is -0.692. The van der Waals surface area contributed by atoms with Crippen molar-refractivity contribution in [2.45, 2.75) is 20.3 Å². The standard InChI is InChI=1S/C14H18O3/c1-10(2)9-12(14(16)17-3)13(15)11-7-5-4-6-8-11/h4-8,10,12H,9H2,1-3H3. The molecule has 92 valence electrons. The molecule has 1 atom stereocenters. The average Bonchev–Trinajstić information content (AvgIpc) is 2.35. The maximum Gasteiger partial charge on any atom is 0.316 e. The van der Waals surface area contributed by atoms with Crippen molar-refractivity contribution < 1.29 is 14.3 Å². The minimum Gasteiger partial charge on any atom is -0.468 e. The van der Waals surface area contributed by atoms with Crippen molar-refractivity contribution in [3.05, 3.63) is 35.9 Å². The molecule has 0 N–H and O–H groups in total. The summed E-state index contributed by atoms with van der Waals surface area (Å²) >= 11 is 0. The first-order valence-electron chi connectivity index (χ1n) is 5.73. The Morgan fingerprint density at radius 2 is 1.76 bits per heavy atom. The number of carbonyl (C=O) groups excluding carboxylic acids is 2. The number of esters is 1. The van der Waals surface area contributed by atoms with Gasteiger partial charge in [0.2, 0.25) is 0 Å². The van der Waals surface area contributed by atoms with Crippen molar-refractivity contribution in [3.63, 3.8) is 0 Å². The number of ether oxygens (including phenoxy) is 1. The van der Waals surface area contributed by atoms with Gasteiger partial charge in [-0.2, -0.15) is 0 Å². The summed E-state index contributed by atoms with van der Waals surface area (Å²) in [6.07, 6.45) is 0.514. The number of carbonyl (C=O) groups is 2. The second-order valence-electron chi connectivity index (χ2n) is 4.44. The molecular weight excluding hydrogens is 216 g/mol. The second kappa shape index (κ2) is 6.18. The lowest BCUT2D eigenvalue weighted by Crippen LogP contribution is -2.27. The number of hydrogen-bond acceptors (Lipinski definition) is 3. The smallest absolute Gasteiger partial charge is 0.316 e. The van der Waals surface area contributed by atoms with Crippen molar-refractivity contribution >= 4 is 11.8 Å². The molecule has 1 unspecified atom stereocenters. The Kier molecular flexibility index (Phi) is 4.88. The maximum absolute atomic E-state index is 12.2. The number of Topliss-reactive ketones (excluding diaryl/α,β-unsaturated/α-hetero) is 1. The van der Waals surface area contributed by atoms with Crippen LogP contribution in [0.2, 0.25) is 0 Å². The normalized spacial score (nSPS) is 12.2. The number of benzene rings is 1. The first kappa shape index (κ1) is 13.4. The van der Waals surface area contributed by atoms with E-state index in [1.54, 1.807) is 24.3 Å². The fourth-order valence-electron chi connectivity index (χ4n) is 1.73. The number of ketones is 1. The molecule has 0 aliphatic carbocycles. The second-order valence-corrected chi connectivity index (χ2v) is 4.44. The predicted octanol–water partition coefficient (Wildman–Crippen LogP) is 2.70. The van der Waals surface area contributed by atoms with Crippen molar-refractivity contribution in [3.8, 4) is 0 Å². The summed E-state index contributed by atoms with van der Waals surface area (Å²) in [5.74, 6) is -1.03. The molecule has 0 aromatic heterocycles. The van der Waals surface area contributed by atoms with Crippen LogP contribution < -0.4 is 0 Å². The van der Waals surface area contributed by atoms with Crippen LogP contribution in [0.3, 0.4) is 0 Å². The lowest BCUT2D eigenvalue weighted by atomic mass is 9.90. The Hall–Kier alpha value is -1.64. The highest BCUT2D eigenvalue weighted by atomic mass is 16.5. The van der Waals surface area contributed by atoms with Crippen LogP contribution >= 0.6 is 0 Å². The fraction of sp³-hybridized carbons (Fsp3) is 0.429. The lowest BCUT2D eigenvalue weighted by Gasteiger charge is -2.15. The molecule has 0 heterocycles. The van der Waals surface area contributed by atoms with E-state index in [1.165, 1.54) is 7.11 Å². The highest BCUT2D eigenvalue weighted by Gasteiger charge is 2.28. The van der Waals surface area contributed by atoms with Gasteiger partial charge in [0.1, 0.15) is 5.92 Å². The summed E-state index contributed by atoms with van der Waals surface area (Å²) in [5, 5.41) is 0. The van der Waals surface area contributed by atoms with Gasteiger partial charge in [-0.3, -0.25) is 9.59 Å². The van der Waals surface area contributed by atoms with Gasteiger partial charge >= 0.3 is 5.97 Å². The van der Waals surface area contributed by atoms with Crippen LogP contribution in [-0.4, -0.2) is 18.9 Å². The van der Waals surface area contributed by atoms with Gasteiger partial charge in [-0.25, -0.2) is 0 Å². The Balaban J connectivity index is 2.91. The summed E-state index contributed by atoms with van der Waals surface area (Å²) in [6.45, 7) is 3.96. The van der Waals surface area contributed by atoms with Gasteiger partial charge in [-0.1, -0.05) is 44.2 Å². The van der Waals surface area contributed by atoms with E-state index in [0.29, 0.717) is 12.0 Å². The van der Waals surface area contributed by atoms with Crippen LogP contribution in [0.4, 0.5) is 0 Å². The monoisotopic (exact) mass is 234 g/mol. The van der Waals surface area contributed by atoms with Gasteiger partial charge in [-0.05, 0) is 12.3 Å². The zero-order valence-electron chi connectivity index (χ0n) is 10.5. The first-order chi connectivity index (χ1) is 8.06. The van der Waals surface area contributed by atoms with E-state index in [-0.39, 0.29) is 11.7 Å². The fourth-order valence-corrected chi connectivity index (χ4v) is 1.73.